The maximum atomic E-state index is 4.52. The molecular weight excluding hydrogens is 328 g/mol. The number of piperazine rings is 1. The van der Waals surface area contributed by atoms with Gasteiger partial charge >= 0.3 is 0 Å². The molecule has 5 rings (SSSR count). The molecule has 0 bridgehead atoms. The second-order valence-corrected chi connectivity index (χ2v) is 7.11. The molecule has 1 aliphatic carbocycles. The molecule has 3 aromatic rings. The van der Waals surface area contributed by atoms with Crippen LogP contribution in [0.15, 0.2) is 24.9 Å². The van der Waals surface area contributed by atoms with Crippen LogP contribution in [0.5, 0.6) is 0 Å². The Labute approximate surface area is 151 Å². The molecule has 0 amide bonds. The van der Waals surface area contributed by atoms with Gasteiger partial charge in [0.25, 0.3) is 0 Å². The van der Waals surface area contributed by atoms with E-state index in [-0.39, 0.29) is 0 Å². The monoisotopic (exact) mass is 350 g/mol. The Hall–Kier alpha value is -2.77. The molecule has 0 N–H and O–H groups in total. The summed E-state index contributed by atoms with van der Waals surface area (Å²) in [5.74, 6) is 2.66. The lowest BCUT2D eigenvalue weighted by Crippen LogP contribution is -2.47. The van der Waals surface area contributed by atoms with Gasteiger partial charge in [-0.1, -0.05) is 6.42 Å². The van der Waals surface area contributed by atoms with Crippen LogP contribution in [0.3, 0.4) is 0 Å². The molecule has 4 heterocycles. The average Bonchev–Trinajstić information content (AvgIpc) is 3.02. The molecule has 134 valence electrons. The zero-order valence-corrected chi connectivity index (χ0v) is 14.9. The molecule has 0 aromatic carbocycles. The Morgan fingerprint density at radius 2 is 1.69 bits per heavy atom. The van der Waals surface area contributed by atoms with Crippen LogP contribution in [0.4, 0.5) is 11.6 Å². The van der Waals surface area contributed by atoms with Crippen molar-refractivity contribution < 1.29 is 0 Å². The normalized spacial score (nSPS) is 18.3. The molecule has 26 heavy (non-hydrogen) atoms. The largest absolute Gasteiger partial charge is 0.353 e. The van der Waals surface area contributed by atoms with E-state index in [0.29, 0.717) is 5.92 Å². The van der Waals surface area contributed by atoms with Crippen LogP contribution < -0.4 is 9.80 Å². The van der Waals surface area contributed by atoms with Gasteiger partial charge in [-0.15, -0.1) is 0 Å². The zero-order valence-electron chi connectivity index (χ0n) is 14.9. The van der Waals surface area contributed by atoms with Crippen LogP contribution >= 0.6 is 0 Å². The quantitative estimate of drug-likeness (QED) is 0.712. The van der Waals surface area contributed by atoms with Crippen molar-refractivity contribution in [2.45, 2.75) is 25.2 Å². The average molecular weight is 350 g/mol. The van der Waals surface area contributed by atoms with Crippen LogP contribution in [0.2, 0.25) is 0 Å². The summed E-state index contributed by atoms with van der Waals surface area (Å²) < 4.78 is 1.79. The number of fused-ring (bicyclic) bond motifs is 1. The first-order valence-corrected chi connectivity index (χ1v) is 9.24. The smallest absolute Gasteiger partial charge is 0.163 e. The van der Waals surface area contributed by atoms with E-state index in [9.17, 15) is 0 Å². The number of rotatable bonds is 3. The zero-order chi connectivity index (χ0) is 17.5. The Bertz CT molecular complexity index is 924. The number of hydrogen-bond acceptors (Lipinski definition) is 7. The molecular formula is C18H22N8. The standard InChI is InChI=1S/C18H22N8/c1-24-17-14(10-23-24)18(22-12-21-17)26-7-5-25(6-8-26)16-9-15(19-11-20-16)13-3-2-4-13/h9-13H,2-8H2,1H3. The van der Waals surface area contributed by atoms with Crippen molar-refractivity contribution >= 4 is 22.7 Å². The Balaban J connectivity index is 1.33. The van der Waals surface area contributed by atoms with E-state index in [1.807, 2.05) is 13.2 Å². The van der Waals surface area contributed by atoms with Crippen LogP contribution in [-0.4, -0.2) is 55.9 Å². The van der Waals surface area contributed by atoms with Gasteiger partial charge in [0, 0.05) is 50.9 Å². The molecule has 0 spiro atoms. The van der Waals surface area contributed by atoms with Crippen molar-refractivity contribution in [3.63, 3.8) is 0 Å². The number of nitrogens with zero attached hydrogens (tertiary/aromatic N) is 8. The molecule has 0 radical (unpaired) electrons. The van der Waals surface area contributed by atoms with E-state index in [1.54, 1.807) is 17.3 Å². The van der Waals surface area contributed by atoms with Crippen LogP contribution in [0.25, 0.3) is 11.0 Å². The molecule has 1 saturated carbocycles. The van der Waals surface area contributed by atoms with Crippen molar-refractivity contribution in [1.29, 1.82) is 0 Å². The fourth-order valence-corrected chi connectivity index (χ4v) is 3.81. The van der Waals surface area contributed by atoms with Gasteiger partial charge in [0.05, 0.1) is 11.6 Å². The number of aryl methyl sites for hydroxylation is 1. The highest BCUT2D eigenvalue weighted by Gasteiger charge is 2.24. The van der Waals surface area contributed by atoms with Gasteiger partial charge in [0.15, 0.2) is 5.65 Å². The summed E-state index contributed by atoms with van der Waals surface area (Å²) in [7, 11) is 1.91. The highest BCUT2D eigenvalue weighted by molar-refractivity contribution is 5.86. The second kappa shape index (κ2) is 6.19. The molecule has 8 heteroatoms. The maximum Gasteiger partial charge on any atom is 0.163 e. The first kappa shape index (κ1) is 15.5. The van der Waals surface area contributed by atoms with E-state index < -0.39 is 0 Å². The van der Waals surface area contributed by atoms with E-state index in [1.165, 1.54) is 25.0 Å². The van der Waals surface area contributed by atoms with Gasteiger partial charge in [-0.25, -0.2) is 19.9 Å². The molecule has 2 fully saturated rings. The predicted octanol–water partition coefficient (Wildman–Crippen LogP) is 1.75. The SMILES string of the molecule is Cn1ncc2c(N3CCN(c4cc(C5CCC5)ncn4)CC3)ncnc21. The van der Waals surface area contributed by atoms with Gasteiger partial charge < -0.3 is 9.80 Å². The van der Waals surface area contributed by atoms with E-state index >= 15 is 0 Å². The molecule has 2 aliphatic rings. The molecule has 8 nitrogen and oxygen atoms in total. The van der Waals surface area contributed by atoms with Gasteiger partial charge in [-0.2, -0.15) is 5.10 Å². The summed E-state index contributed by atoms with van der Waals surface area (Å²) in [4.78, 5) is 22.5. The van der Waals surface area contributed by atoms with Gasteiger partial charge in [0.1, 0.15) is 24.3 Å². The van der Waals surface area contributed by atoms with Gasteiger partial charge in [-0.05, 0) is 12.8 Å². The van der Waals surface area contributed by atoms with E-state index in [4.69, 9.17) is 0 Å². The molecule has 0 atom stereocenters. The minimum Gasteiger partial charge on any atom is -0.353 e. The third-order valence-corrected chi connectivity index (χ3v) is 5.61. The number of aromatic nitrogens is 6. The van der Waals surface area contributed by atoms with Crippen LogP contribution in [0, 0.1) is 0 Å². The first-order valence-electron chi connectivity index (χ1n) is 9.24. The summed E-state index contributed by atoms with van der Waals surface area (Å²) in [5, 5.41) is 5.33. The van der Waals surface area contributed by atoms with Gasteiger partial charge in [-0.3, -0.25) is 4.68 Å². The second-order valence-electron chi connectivity index (χ2n) is 7.11. The lowest BCUT2D eigenvalue weighted by Gasteiger charge is -2.36. The Kier molecular flexibility index (Phi) is 3.69. The molecule has 1 saturated heterocycles. The highest BCUT2D eigenvalue weighted by Crippen LogP contribution is 2.36. The lowest BCUT2D eigenvalue weighted by molar-refractivity contribution is 0.410. The van der Waals surface area contributed by atoms with Crippen molar-refractivity contribution in [2.75, 3.05) is 36.0 Å². The Morgan fingerprint density at radius 1 is 0.923 bits per heavy atom. The maximum absolute atomic E-state index is 4.52. The van der Waals surface area contributed by atoms with Crippen molar-refractivity contribution in [1.82, 2.24) is 29.7 Å². The summed E-state index contributed by atoms with van der Waals surface area (Å²) >= 11 is 0. The highest BCUT2D eigenvalue weighted by atomic mass is 15.3. The van der Waals surface area contributed by atoms with Gasteiger partial charge in [0.2, 0.25) is 0 Å². The fourth-order valence-electron chi connectivity index (χ4n) is 3.81. The topological polar surface area (TPSA) is 75.9 Å². The first-order chi connectivity index (χ1) is 12.8. The predicted molar refractivity (Wildman–Crippen MR) is 99.4 cm³/mol. The summed E-state index contributed by atoms with van der Waals surface area (Å²) in [5.41, 5.74) is 2.08. The van der Waals surface area contributed by atoms with E-state index in [2.05, 4.69) is 40.9 Å². The Morgan fingerprint density at radius 3 is 2.46 bits per heavy atom. The minimum atomic E-state index is 0.637. The summed E-state index contributed by atoms with van der Waals surface area (Å²) in [6.07, 6.45) is 9.05. The minimum absolute atomic E-state index is 0.637. The van der Waals surface area contributed by atoms with Crippen molar-refractivity contribution in [2.24, 2.45) is 7.05 Å². The van der Waals surface area contributed by atoms with Crippen molar-refractivity contribution in [3.8, 4) is 0 Å². The molecule has 0 unspecified atom stereocenters. The lowest BCUT2D eigenvalue weighted by atomic mass is 9.83. The fraction of sp³-hybridized carbons (Fsp3) is 0.500. The third-order valence-electron chi connectivity index (χ3n) is 5.61. The molecule has 1 aliphatic heterocycles. The summed E-state index contributed by atoms with van der Waals surface area (Å²) in [6, 6.07) is 2.18. The van der Waals surface area contributed by atoms with Crippen molar-refractivity contribution in [3.05, 3.63) is 30.6 Å². The number of anilines is 2. The van der Waals surface area contributed by atoms with Crippen LogP contribution in [-0.2, 0) is 7.05 Å². The summed E-state index contributed by atoms with van der Waals surface area (Å²) in [6.45, 7) is 3.66. The molecule has 3 aromatic heterocycles. The third kappa shape index (κ3) is 2.56. The number of hydrogen-bond donors (Lipinski definition) is 0. The van der Waals surface area contributed by atoms with Crippen LogP contribution in [0.1, 0.15) is 30.9 Å². The van der Waals surface area contributed by atoms with E-state index in [0.717, 1.165) is 48.8 Å².